The van der Waals surface area contributed by atoms with Crippen LogP contribution in [0, 0.1) is 0 Å². The Kier molecular flexibility index (Phi) is 5.24. The Labute approximate surface area is 171 Å². The van der Waals surface area contributed by atoms with Crippen LogP contribution in [-0.2, 0) is 6.42 Å². The first kappa shape index (κ1) is 19.1. The van der Waals surface area contributed by atoms with Crippen LogP contribution < -0.4 is 5.32 Å². The third kappa shape index (κ3) is 3.46. The second kappa shape index (κ2) is 7.67. The fourth-order valence-corrected chi connectivity index (χ4v) is 4.91. The van der Waals surface area contributed by atoms with E-state index in [4.69, 9.17) is 0 Å². The molecule has 2 aliphatic rings. The molecule has 0 spiro atoms. The minimum Gasteiger partial charge on any atom is -0.374 e. The smallest absolute Gasteiger partial charge is 0.0812 e. The molecule has 2 aromatic rings. The Hall–Kier alpha value is -2.20. The zero-order valence-electron chi connectivity index (χ0n) is 16.4. The van der Waals surface area contributed by atoms with Crippen LogP contribution in [0.2, 0.25) is 0 Å². The number of benzene rings is 2. The summed E-state index contributed by atoms with van der Waals surface area (Å²) < 4.78 is 12.9. The van der Waals surface area contributed by atoms with Gasteiger partial charge in [0.05, 0.1) is 23.7 Å². The van der Waals surface area contributed by atoms with Gasteiger partial charge in [0.15, 0.2) is 0 Å². The molecule has 1 N–H and O–H groups in total. The first-order chi connectivity index (χ1) is 13.5. The van der Waals surface area contributed by atoms with Gasteiger partial charge in [-0.05, 0) is 61.4 Å². The number of nitrogens with zero attached hydrogens (tertiary/aromatic N) is 1. The summed E-state index contributed by atoms with van der Waals surface area (Å²) in [5.41, 5.74) is 5.51. The maximum atomic E-state index is 12.9. The van der Waals surface area contributed by atoms with Crippen molar-refractivity contribution in [3.8, 4) is 0 Å². The summed E-state index contributed by atoms with van der Waals surface area (Å²) in [5.74, 6) is 0. The lowest BCUT2D eigenvalue weighted by Crippen LogP contribution is -2.42. The molecule has 2 nitrogen and oxygen atoms in total. The fourth-order valence-electron chi connectivity index (χ4n) is 4.61. The summed E-state index contributed by atoms with van der Waals surface area (Å²) in [6, 6.07) is 16.6. The summed E-state index contributed by atoms with van der Waals surface area (Å²) in [7, 11) is 0. The minimum absolute atomic E-state index is 0.248. The maximum absolute atomic E-state index is 12.9. The van der Waals surface area contributed by atoms with E-state index in [0.717, 1.165) is 29.9 Å². The molecule has 0 aromatic heterocycles. The quantitative estimate of drug-likeness (QED) is 0.642. The van der Waals surface area contributed by atoms with Crippen molar-refractivity contribution in [2.45, 2.75) is 49.1 Å². The van der Waals surface area contributed by atoms with Gasteiger partial charge in [-0.25, -0.2) is 0 Å². The number of hydrogen-bond acceptors (Lipinski definition) is 3. The Balaban J connectivity index is 1.53. The molecule has 1 saturated heterocycles. The van der Waals surface area contributed by atoms with E-state index in [1.807, 2.05) is 18.2 Å². The molecule has 1 aliphatic heterocycles. The molecule has 2 atom stereocenters. The predicted molar refractivity (Wildman–Crippen MR) is 117 cm³/mol. The van der Waals surface area contributed by atoms with Crippen molar-refractivity contribution < 1.29 is 3.89 Å². The Morgan fingerprint density at radius 2 is 2.07 bits per heavy atom. The first-order valence-electron chi connectivity index (χ1n) is 9.92. The molecule has 28 heavy (non-hydrogen) atoms. The molecule has 146 valence electrons. The van der Waals surface area contributed by atoms with Crippen LogP contribution >= 0.6 is 12.1 Å². The number of halogens is 1. The van der Waals surface area contributed by atoms with Crippen molar-refractivity contribution in [1.29, 1.82) is 0 Å². The van der Waals surface area contributed by atoms with Crippen LogP contribution in [0.15, 0.2) is 72.3 Å². The molecular weight excluding hydrogens is 367 g/mol. The SMILES string of the molecule is C=C(NC1(C)CCN(C2CCCc3ccccc32)C1=C)c1cccc(SF)c1. The second-order valence-electron chi connectivity index (χ2n) is 8.04. The van der Waals surface area contributed by atoms with Gasteiger partial charge >= 0.3 is 0 Å². The highest BCUT2D eigenvalue weighted by Gasteiger charge is 2.41. The number of fused-ring (bicyclic) bond motifs is 1. The van der Waals surface area contributed by atoms with Crippen LogP contribution in [0.3, 0.4) is 0 Å². The van der Waals surface area contributed by atoms with Crippen LogP contribution in [0.5, 0.6) is 0 Å². The molecule has 1 heterocycles. The van der Waals surface area contributed by atoms with Gasteiger partial charge in [-0.15, -0.1) is 0 Å². The monoisotopic (exact) mass is 394 g/mol. The number of likely N-dealkylation sites (tertiary alicyclic amines) is 1. The minimum atomic E-state index is -0.248. The highest BCUT2D eigenvalue weighted by molar-refractivity contribution is 7.94. The van der Waals surface area contributed by atoms with Crippen molar-refractivity contribution in [3.63, 3.8) is 0 Å². The highest BCUT2D eigenvalue weighted by atomic mass is 32.2. The standard InChI is InChI=1S/C24H27FN2S/c1-17(20-10-6-11-21(16-20)28-25)26-24(3)14-15-27(18(24)2)23-13-7-9-19-8-4-5-12-22(19)23/h4-6,8,10-12,16,23,26H,1-2,7,9,13-15H2,3H3. The molecule has 1 aliphatic carbocycles. The van der Waals surface area contributed by atoms with Gasteiger partial charge in [0.2, 0.25) is 0 Å². The van der Waals surface area contributed by atoms with Gasteiger partial charge in [-0.2, -0.15) is 3.89 Å². The molecule has 1 fully saturated rings. The number of hydrogen-bond donors (Lipinski definition) is 1. The molecule has 4 heteroatoms. The second-order valence-corrected chi connectivity index (χ2v) is 8.66. The van der Waals surface area contributed by atoms with Gasteiger partial charge in [-0.1, -0.05) is 49.6 Å². The van der Waals surface area contributed by atoms with Crippen LogP contribution in [-0.4, -0.2) is 17.0 Å². The van der Waals surface area contributed by atoms with Gasteiger partial charge in [0, 0.05) is 22.8 Å². The summed E-state index contributed by atoms with van der Waals surface area (Å²) in [4.78, 5) is 3.07. The normalized spacial score (nSPS) is 24.1. The maximum Gasteiger partial charge on any atom is 0.0812 e. The average molecular weight is 395 g/mol. The van der Waals surface area contributed by atoms with Crippen molar-refractivity contribution in [1.82, 2.24) is 10.2 Å². The van der Waals surface area contributed by atoms with Crippen molar-refractivity contribution in [2.24, 2.45) is 0 Å². The van der Waals surface area contributed by atoms with E-state index >= 15 is 0 Å². The topological polar surface area (TPSA) is 15.3 Å². The molecule has 0 saturated carbocycles. The van der Waals surface area contributed by atoms with Crippen molar-refractivity contribution >= 4 is 17.8 Å². The molecule has 2 aromatic carbocycles. The third-order valence-corrected chi connectivity index (χ3v) is 6.68. The number of nitrogens with one attached hydrogen (secondary N) is 1. The van der Waals surface area contributed by atoms with Crippen LogP contribution in [0.1, 0.15) is 48.9 Å². The van der Waals surface area contributed by atoms with E-state index < -0.39 is 0 Å². The van der Waals surface area contributed by atoms with Gasteiger partial charge in [0.1, 0.15) is 0 Å². The van der Waals surface area contributed by atoms with Crippen LogP contribution in [0.4, 0.5) is 3.89 Å². The number of aryl methyl sites for hydroxylation is 1. The molecule has 0 amide bonds. The van der Waals surface area contributed by atoms with E-state index in [9.17, 15) is 3.89 Å². The van der Waals surface area contributed by atoms with E-state index in [-0.39, 0.29) is 17.7 Å². The molecular formula is C24H27FN2S. The van der Waals surface area contributed by atoms with E-state index in [1.54, 1.807) is 6.07 Å². The largest absolute Gasteiger partial charge is 0.374 e. The zero-order chi connectivity index (χ0) is 19.7. The van der Waals surface area contributed by atoms with E-state index in [0.29, 0.717) is 10.9 Å². The lowest BCUT2D eigenvalue weighted by molar-refractivity contribution is 0.256. The fraction of sp³-hybridized carbons (Fsp3) is 0.333. The Bertz CT molecular complexity index is 909. The Morgan fingerprint density at radius 3 is 2.89 bits per heavy atom. The summed E-state index contributed by atoms with van der Waals surface area (Å²) in [6.45, 7) is 11.9. The molecule has 4 rings (SSSR count). The molecule has 0 bridgehead atoms. The van der Waals surface area contributed by atoms with Crippen molar-refractivity contribution in [3.05, 3.63) is 84.1 Å². The molecule has 2 unspecified atom stereocenters. The highest BCUT2D eigenvalue weighted by Crippen LogP contribution is 2.43. The zero-order valence-corrected chi connectivity index (χ0v) is 17.2. The average Bonchev–Trinajstić information content (AvgIpc) is 3.02. The molecule has 0 radical (unpaired) electrons. The van der Waals surface area contributed by atoms with Crippen molar-refractivity contribution in [2.75, 3.05) is 6.54 Å². The van der Waals surface area contributed by atoms with Gasteiger partial charge in [0.25, 0.3) is 0 Å². The summed E-state index contributed by atoms with van der Waals surface area (Å²) in [5, 5.41) is 3.60. The predicted octanol–water partition coefficient (Wildman–Crippen LogP) is 6.28. The number of rotatable bonds is 5. The van der Waals surface area contributed by atoms with E-state index in [2.05, 4.69) is 54.6 Å². The Morgan fingerprint density at radius 1 is 1.25 bits per heavy atom. The summed E-state index contributed by atoms with van der Waals surface area (Å²) in [6.07, 6.45) is 4.53. The van der Waals surface area contributed by atoms with Crippen LogP contribution in [0.25, 0.3) is 5.70 Å². The lowest BCUT2D eigenvalue weighted by Gasteiger charge is -2.38. The van der Waals surface area contributed by atoms with E-state index in [1.165, 1.54) is 30.4 Å². The van der Waals surface area contributed by atoms with Gasteiger partial charge < -0.3 is 10.2 Å². The first-order valence-corrected chi connectivity index (χ1v) is 10.6. The lowest BCUT2D eigenvalue weighted by atomic mass is 9.86. The van der Waals surface area contributed by atoms with Gasteiger partial charge in [-0.3, -0.25) is 0 Å². The third-order valence-electron chi connectivity index (χ3n) is 6.25. The summed E-state index contributed by atoms with van der Waals surface area (Å²) >= 11 is 0.261.